The van der Waals surface area contributed by atoms with Crippen LogP contribution in [0.2, 0.25) is 0 Å². The summed E-state index contributed by atoms with van der Waals surface area (Å²) < 4.78 is 24.1. The van der Waals surface area contributed by atoms with E-state index in [0.717, 1.165) is 5.56 Å². The van der Waals surface area contributed by atoms with Crippen LogP contribution in [-0.2, 0) is 11.3 Å². The molecule has 0 radical (unpaired) electrons. The van der Waals surface area contributed by atoms with Crippen molar-refractivity contribution in [3.8, 4) is 5.75 Å². The van der Waals surface area contributed by atoms with Crippen molar-refractivity contribution in [2.24, 2.45) is 0 Å². The fraction of sp³-hybridized carbons (Fsp3) is 0.250. The summed E-state index contributed by atoms with van der Waals surface area (Å²) in [6.07, 6.45) is -0.160. The van der Waals surface area contributed by atoms with Crippen LogP contribution in [0.15, 0.2) is 54.6 Å². The van der Waals surface area contributed by atoms with Crippen LogP contribution in [0.25, 0.3) is 0 Å². The predicted molar refractivity (Wildman–Crippen MR) is 80.8 cm³/mol. The zero-order valence-corrected chi connectivity index (χ0v) is 11.9. The molecular weight excluding hydrogens is 275 g/mol. The maximum atomic E-state index is 12.8. The van der Waals surface area contributed by atoms with Gasteiger partial charge in [0.25, 0.3) is 0 Å². The Labute approximate surface area is 123 Å². The monoisotopic (exact) mass is 292 g/mol. The molecule has 0 aliphatic rings. The van der Waals surface area contributed by atoms with Crippen molar-refractivity contribution in [2.45, 2.75) is 12.7 Å². The van der Waals surface area contributed by atoms with Crippen LogP contribution >= 0.6 is 12.6 Å². The Morgan fingerprint density at radius 2 is 1.70 bits per heavy atom. The van der Waals surface area contributed by atoms with E-state index in [1.807, 2.05) is 30.3 Å². The molecule has 2 rings (SSSR count). The molecule has 0 aliphatic heterocycles. The Kier molecular flexibility index (Phi) is 5.89. The maximum absolute atomic E-state index is 12.8. The SMILES string of the molecule is Fc1ccc(OC(CS)COCc2ccccc2)cc1. The van der Waals surface area contributed by atoms with E-state index in [9.17, 15) is 4.39 Å². The third-order valence-corrected chi connectivity index (χ3v) is 3.14. The van der Waals surface area contributed by atoms with Crippen LogP contribution in [0.4, 0.5) is 4.39 Å². The average molecular weight is 292 g/mol. The van der Waals surface area contributed by atoms with E-state index in [4.69, 9.17) is 9.47 Å². The lowest BCUT2D eigenvalue weighted by Gasteiger charge is -2.17. The summed E-state index contributed by atoms with van der Waals surface area (Å²) in [6, 6.07) is 15.9. The van der Waals surface area contributed by atoms with Crippen LogP contribution in [-0.4, -0.2) is 18.5 Å². The first-order valence-electron chi connectivity index (χ1n) is 6.42. The number of rotatable bonds is 7. The highest BCUT2D eigenvalue weighted by atomic mass is 32.1. The molecule has 0 aromatic heterocycles. The van der Waals surface area contributed by atoms with Gasteiger partial charge in [-0.1, -0.05) is 30.3 Å². The smallest absolute Gasteiger partial charge is 0.131 e. The molecular formula is C16H17FO2S. The summed E-state index contributed by atoms with van der Waals surface area (Å²) in [7, 11) is 0. The second-order valence-corrected chi connectivity index (χ2v) is 4.74. The number of hydrogen-bond donors (Lipinski definition) is 1. The molecule has 0 aliphatic carbocycles. The van der Waals surface area contributed by atoms with Crippen molar-refractivity contribution in [1.29, 1.82) is 0 Å². The van der Waals surface area contributed by atoms with Crippen LogP contribution in [0.1, 0.15) is 5.56 Å². The summed E-state index contributed by atoms with van der Waals surface area (Å²) in [4.78, 5) is 0. The van der Waals surface area contributed by atoms with Gasteiger partial charge in [0, 0.05) is 5.75 Å². The zero-order valence-electron chi connectivity index (χ0n) is 11.0. The van der Waals surface area contributed by atoms with Gasteiger partial charge in [-0.2, -0.15) is 12.6 Å². The Balaban J connectivity index is 1.79. The molecule has 1 unspecified atom stereocenters. The Bertz CT molecular complexity index is 502. The first-order chi connectivity index (χ1) is 9.78. The molecule has 2 aromatic rings. The van der Waals surface area contributed by atoms with Gasteiger partial charge in [-0.05, 0) is 29.8 Å². The van der Waals surface area contributed by atoms with Crippen LogP contribution in [0, 0.1) is 5.82 Å². The number of benzene rings is 2. The van der Waals surface area contributed by atoms with E-state index in [1.165, 1.54) is 12.1 Å². The third kappa shape index (κ3) is 4.87. The fourth-order valence-corrected chi connectivity index (χ4v) is 1.89. The first-order valence-corrected chi connectivity index (χ1v) is 7.06. The molecule has 0 bridgehead atoms. The number of thiol groups is 1. The van der Waals surface area contributed by atoms with Gasteiger partial charge < -0.3 is 9.47 Å². The maximum Gasteiger partial charge on any atom is 0.131 e. The molecule has 0 saturated heterocycles. The van der Waals surface area contributed by atoms with E-state index in [0.29, 0.717) is 24.7 Å². The van der Waals surface area contributed by atoms with Gasteiger partial charge in [-0.3, -0.25) is 0 Å². The molecule has 0 fully saturated rings. The van der Waals surface area contributed by atoms with Crippen molar-refractivity contribution in [2.75, 3.05) is 12.4 Å². The van der Waals surface area contributed by atoms with E-state index in [1.54, 1.807) is 12.1 Å². The van der Waals surface area contributed by atoms with E-state index in [2.05, 4.69) is 12.6 Å². The molecule has 0 amide bonds. The summed E-state index contributed by atoms with van der Waals surface area (Å²) in [5, 5.41) is 0. The quantitative estimate of drug-likeness (QED) is 0.784. The van der Waals surface area contributed by atoms with Gasteiger partial charge in [0.2, 0.25) is 0 Å². The van der Waals surface area contributed by atoms with Crippen LogP contribution in [0.5, 0.6) is 5.75 Å². The lowest BCUT2D eigenvalue weighted by molar-refractivity contribution is 0.0514. The van der Waals surface area contributed by atoms with Crippen molar-refractivity contribution < 1.29 is 13.9 Å². The Morgan fingerprint density at radius 1 is 1.00 bits per heavy atom. The summed E-state index contributed by atoms with van der Waals surface area (Å²) in [5.41, 5.74) is 1.12. The van der Waals surface area contributed by atoms with Crippen LogP contribution in [0.3, 0.4) is 0 Å². The van der Waals surface area contributed by atoms with Crippen molar-refractivity contribution in [1.82, 2.24) is 0 Å². The Morgan fingerprint density at radius 3 is 2.35 bits per heavy atom. The summed E-state index contributed by atoms with van der Waals surface area (Å²) >= 11 is 4.25. The Hall–Kier alpha value is -1.52. The minimum Gasteiger partial charge on any atom is -0.487 e. The standard InChI is InChI=1S/C16H17FO2S/c17-14-6-8-15(9-7-14)19-16(12-20)11-18-10-13-4-2-1-3-5-13/h1-9,16,20H,10-12H2. The highest BCUT2D eigenvalue weighted by Crippen LogP contribution is 2.14. The fourth-order valence-electron chi connectivity index (χ4n) is 1.71. The van der Waals surface area contributed by atoms with Crippen molar-refractivity contribution >= 4 is 12.6 Å². The molecule has 20 heavy (non-hydrogen) atoms. The molecule has 1 atom stereocenters. The van der Waals surface area contributed by atoms with Gasteiger partial charge in [-0.15, -0.1) is 0 Å². The lowest BCUT2D eigenvalue weighted by atomic mass is 10.2. The van der Waals surface area contributed by atoms with Gasteiger partial charge in [0.1, 0.15) is 17.7 Å². The second kappa shape index (κ2) is 7.92. The first kappa shape index (κ1) is 14.9. The molecule has 0 heterocycles. The average Bonchev–Trinajstić information content (AvgIpc) is 2.49. The summed E-state index contributed by atoms with van der Waals surface area (Å²) in [5.74, 6) is 0.875. The minimum atomic E-state index is -0.278. The topological polar surface area (TPSA) is 18.5 Å². The van der Waals surface area contributed by atoms with E-state index < -0.39 is 0 Å². The molecule has 0 spiro atoms. The number of halogens is 1. The van der Waals surface area contributed by atoms with E-state index >= 15 is 0 Å². The molecule has 2 nitrogen and oxygen atoms in total. The molecule has 4 heteroatoms. The zero-order chi connectivity index (χ0) is 14.2. The number of hydrogen-bond acceptors (Lipinski definition) is 3. The van der Waals surface area contributed by atoms with Gasteiger partial charge in [0.15, 0.2) is 0 Å². The molecule has 0 saturated carbocycles. The molecule has 2 aromatic carbocycles. The van der Waals surface area contributed by atoms with E-state index in [-0.39, 0.29) is 11.9 Å². The molecule has 0 N–H and O–H groups in total. The van der Waals surface area contributed by atoms with Gasteiger partial charge in [-0.25, -0.2) is 4.39 Å². The minimum absolute atomic E-state index is 0.160. The van der Waals surface area contributed by atoms with Gasteiger partial charge >= 0.3 is 0 Å². The highest BCUT2D eigenvalue weighted by Gasteiger charge is 2.09. The highest BCUT2D eigenvalue weighted by molar-refractivity contribution is 7.80. The largest absolute Gasteiger partial charge is 0.487 e. The van der Waals surface area contributed by atoms with Crippen LogP contribution < -0.4 is 4.74 Å². The second-order valence-electron chi connectivity index (χ2n) is 4.38. The lowest BCUT2D eigenvalue weighted by Crippen LogP contribution is -2.24. The predicted octanol–water partition coefficient (Wildman–Crippen LogP) is 3.72. The van der Waals surface area contributed by atoms with Crippen molar-refractivity contribution in [3.63, 3.8) is 0 Å². The normalized spacial score (nSPS) is 12.1. The number of ether oxygens (including phenoxy) is 2. The van der Waals surface area contributed by atoms with Crippen molar-refractivity contribution in [3.05, 3.63) is 66.0 Å². The molecule has 106 valence electrons. The third-order valence-electron chi connectivity index (χ3n) is 2.74. The van der Waals surface area contributed by atoms with Gasteiger partial charge in [0.05, 0.1) is 13.2 Å². The summed E-state index contributed by atoms with van der Waals surface area (Å²) in [6.45, 7) is 0.980.